The van der Waals surface area contributed by atoms with E-state index in [1.807, 2.05) is 37.4 Å². The molecular formula is C14H18N4S. The Hall–Kier alpha value is -1.75. The number of hydrogen-bond donors (Lipinski definition) is 1. The monoisotopic (exact) mass is 274 g/mol. The van der Waals surface area contributed by atoms with Crippen molar-refractivity contribution in [2.24, 2.45) is 11.7 Å². The van der Waals surface area contributed by atoms with Crippen molar-refractivity contribution in [1.29, 1.82) is 0 Å². The average molecular weight is 274 g/mol. The van der Waals surface area contributed by atoms with Crippen molar-refractivity contribution < 1.29 is 0 Å². The average Bonchev–Trinajstić information content (AvgIpc) is 2.43. The highest BCUT2D eigenvalue weighted by Crippen LogP contribution is 2.15. The van der Waals surface area contributed by atoms with Gasteiger partial charge < -0.3 is 10.6 Å². The maximum atomic E-state index is 5.67. The number of thiocarbonyl (C=S) groups is 1. The molecule has 0 fully saturated rings. The molecule has 0 amide bonds. The van der Waals surface area contributed by atoms with Gasteiger partial charge in [-0.25, -0.2) is 9.97 Å². The molecule has 1 unspecified atom stereocenters. The molecule has 1 aromatic heterocycles. The number of anilines is 1. The zero-order valence-corrected chi connectivity index (χ0v) is 12.0. The van der Waals surface area contributed by atoms with Crippen LogP contribution in [0, 0.1) is 5.92 Å². The Balaban J connectivity index is 2.27. The molecule has 1 heterocycles. The molecule has 2 rings (SSSR count). The molecule has 0 bridgehead atoms. The zero-order valence-electron chi connectivity index (χ0n) is 11.2. The van der Waals surface area contributed by atoms with Crippen LogP contribution in [0.1, 0.15) is 13.8 Å². The van der Waals surface area contributed by atoms with E-state index in [1.54, 1.807) is 0 Å². The molecule has 0 radical (unpaired) electrons. The third kappa shape index (κ3) is 3.17. The zero-order chi connectivity index (χ0) is 13.8. The fourth-order valence-electron chi connectivity index (χ4n) is 1.89. The Kier molecular flexibility index (Phi) is 4.27. The number of benzene rings is 1. The van der Waals surface area contributed by atoms with E-state index in [1.165, 1.54) is 0 Å². The highest BCUT2D eigenvalue weighted by Gasteiger charge is 2.14. The molecule has 0 aliphatic heterocycles. The Bertz CT molecular complexity index is 584. The van der Waals surface area contributed by atoms with Gasteiger partial charge >= 0.3 is 0 Å². The van der Waals surface area contributed by atoms with Crippen LogP contribution in [-0.4, -0.2) is 28.0 Å². The lowest BCUT2D eigenvalue weighted by Gasteiger charge is -2.24. The van der Waals surface area contributed by atoms with E-state index < -0.39 is 0 Å². The molecule has 0 spiro atoms. The quantitative estimate of drug-likeness (QED) is 0.848. The number of hydrogen-bond acceptors (Lipinski definition) is 4. The summed E-state index contributed by atoms with van der Waals surface area (Å²) in [5.74, 6) is 0.870. The summed E-state index contributed by atoms with van der Waals surface area (Å²) in [6.07, 6.45) is 1.85. The van der Waals surface area contributed by atoms with Gasteiger partial charge in [-0.1, -0.05) is 37.3 Å². The molecule has 5 heteroatoms. The molecular weight excluding hydrogens is 256 g/mol. The Labute approximate surface area is 118 Å². The van der Waals surface area contributed by atoms with Crippen LogP contribution in [0.5, 0.6) is 0 Å². The van der Waals surface area contributed by atoms with Gasteiger partial charge in [-0.15, -0.1) is 0 Å². The van der Waals surface area contributed by atoms with Crippen molar-refractivity contribution in [3.05, 3.63) is 30.5 Å². The van der Waals surface area contributed by atoms with E-state index in [-0.39, 0.29) is 5.92 Å². The van der Waals surface area contributed by atoms with Crippen LogP contribution in [0.4, 0.5) is 5.95 Å². The van der Waals surface area contributed by atoms with E-state index in [0.29, 0.717) is 4.99 Å². The lowest BCUT2D eigenvalue weighted by Crippen LogP contribution is -2.34. The molecule has 2 aromatic rings. The predicted molar refractivity (Wildman–Crippen MR) is 83.4 cm³/mol. The summed E-state index contributed by atoms with van der Waals surface area (Å²) in [6.45, 7) is 5.66. The van der Waals surface area contributed by atoms with Crippen LogP contribution in [0.25, 0.3) is 10.9 Å². The summed E-state index contributed by atoms with van der Waals surface area (Å²) in [4.78, 5) is 11.6. The summed E-state index contributed by atoms with van der Waals surface area (Å²) in [6, 6.07) is 7.96. The van der Waals surface area contributed by atoms with Crippen LogP contribution in [0.3, 0.4) is 0 Å². The first kappa shape index (κ1) is 13.7. The molecule has 4 nitrogen and oxygen atoms in total. The topological polar surface area (TPSA) is 55.0 Å². The first-order chi connectivity index (χ1) is 9.11. The first-order valence-electron chi connectivity index (χ1n) is 6.38. The van der Waals surface area contributed by atoms with Crippen molar-refractivity contribution in [3.63, 3.8) is 0 Å². The second kappa shape index (κ2) is 5.93. The van der Waals surface area contributed by atoms with Gasteiger partial charge in [0.05, 0.1) is 10.5 Å². The molecule has 1 atom stereocenters. The summed E-state index contributed by atoms with van der Waals surface area (Å²) in [7, 11) is 0. The van der Waals surface area contributed by atoms with Crippen molar-refractivity contribution in [2.75, 3.05) is 18.0 Å². The van der Waals surface area contributed by atoms with E-state index in [2.05, 4.69) is 21.8 Å². The summed E-state index contributed by atoms with van der Waals surface area (Å²) >= 11 is 5.02. The SMILES string of the molecule is CCN(CC(C)C(N)=S)c1ncc2ccccc2n1. The Morgan fingerprint density at radius 1 is 1.42 bits per heavy atom. The fraction of sp³-hybridized carbons (Fsp3) is 0.357. The van der Waals surface area contributed by atoms with Crippen LogP contribution < -0.4 is 10.6 Å². The standard InChI is InChI=1S/C14H18N4S/c1-3-18(9-10(2)13(15)19)14-16-8-11-6-4-5-7-12(11)17-14/h4-8,10H,3,9H2,1-2H3,(H2,15,19). The van der Waals surface area contributed by atoms with Gasteiger partial charge in [-0.3, -0.25) is 0 Å². The third-order valence-corrected chi connectivity index (χ3v) is 3.52. The van der Waals surface area contributed by atoms with Crippen molar-refractivity contribution in [3.8, 4) is 0 Å². The van der Waals surface area contributed by atoms with Crippen molar-refractivity contribution in [1.82, 2.24) is 9.97 Å². The number of rotatable bonds is 5. The minimum atomic E-state index is 0.144. The molecule has 0 aliphatic rings. The van der Waals surface area contributed by atoms with Crippen molar-refractivity contribution in [2.45, 2.75) is 13.8 Å². The normalized spacial score (nSPS) is 12.3. The predicted octanol–water partition coefficient (Wildman–Crippen LogP) is 2.38. The van der Waals surface area contributed by atoms with E-state index in [0.717, 1.165) is 29.9 Å². The van der Waals surface area contributed by atoms with Crippen molar-refractivity contribution >= 4 is 34.1 Å². The minimum Gasteiger partial charge on any atom is -0.393 e. The van der Waals surface area contributed by atoms with E-state index in [9.17, 15) is 0 Å². The molecule has 2 N–H and O–H groups in total. The van der Waals surface area contributed by atoms with E-state index >= 15 is 0 Å². The van der Waals surface area contributed by atoms with Gasteiger partial charge in [-0.05, 0) is 13.0 Å². The van der Waals surface area contributed by atoms with Crippen LogP contribution in [0.2, 0.25) is 0 Å². The lowest BCUT2D eigenvalue weighted by molar-refractivity contribution is 0.692. The highest BCUT2D eigenvalue weighted by atomic mass is 32.1. The summed E-state index contributed by atoms with van der Waals surface area (Å²) in [5, 5.41) is 1.05. The minimum absolute atomic E-state index is 0.144. The number of para-hydroxylation sites is 1. The Morgan fingerprint density at radius 2 is 2.16 bits per heavy atom. The van der Waals surface area contributed by atoms with Gasteiger partial charge in [0.15, 0.2) is 0 Å². The van der Waals surface area contributed by atoms with Crippen LogP contribution in [-0.2, 0) is 0 Å². The summed E-state index contributed by atoms with van der Waals surface area (Å²) in [5.41, 5.74) is 6.62. The van der Waals surface area contributed by atoms with Crippen LogP contribution in [0.15, 0.2) is 30.5 Å². The fourth-order valence-corrected chi connectivity index (χ4v) is 1.96. The molecule has 1 aromatic carbocycles. The molecule has 0 saturated heterocycles. The summed E-state index contributed by atoms with van der Waals surface area (Å²) < 4.78 is 0. The molecule has 100 valence electrons. The largest absolute Gasteiger partial charge is 0.393 e. The third-order valence-electron chi connectivity index (χ3n) is 3.12. The van der Waals surface area contributed by atoms with Gasteiger partial charge in [0.1, 0.15) is 0 Å². The second-order valence-corrected chi connectivity index (χ2v) is 5.04. The number of nitrogens with two attached hydrogens (primary N) is 1. The molecule has 19 heavy (non-hydrogen) atoms. The van der Waals surface area contributed by atoms with Gasteiger partial charge in [0.2, 0.25) is 5.95 Å². The van der Waals surface area contributed by atoms with Crippen LogP contribution >= 0.6 is 12.2 Å². The number of nitrogens with zero attached hydrogens (tertiary/aromatic N) is 3. The van der Waals surface area contributed by atoms with Gasteiger partial charge in [0, 0.05) is 30.6 Å². The maximum absolute atomic E-state index is 5.67. The smallest absolute Gasteiger partial charge is 0.225 e. The Morgan fingerprint density at radius 3 is 2.84 bits per heavy atom. The number of fused-ring (bicyclic) bond motifs is 1. The molecule has 0 aliphatic carbocycles. The maximum Gasteiger partial charge on any atom is 0.225 e. The second-order valence-electron chi connectivity index (χ2n) is 4.57. The highest BCUT2D eigenvalue weighted by molar-refractivity contribution is 7.80. The van der Waals surface area contributed by atoms with Gasteiger partial charge in [0.25, 0.3) is 0 Å². The molecule has 0 saturated carbocycles. The number of aromatic nitrogens is 2. The van der Waals surface area contributed by atoms with E-state index in [4.69, 9.17) is 18.0 Å². The van der Waals surface area contributed by atoms with Gasteiger partial charge in [-0.2, -0.15) is 0 Å². The lowest BCUT2D eigenvalue weighted by atomic mass is 10.1. The first-order valence-corrected chi connectivity index (χ1v) is 6.78.